The minimum absolute atomic E-state index is 0.191. The molecule has 1 aromatic carbocycles. The van der Waals surface area contributed by atoms with Crippen LogP contribution in [-0.2, 0) is 19.5 Å². The largest absolute Gasteiger partial charge is 0.312 e. The molecule has 4 heteroatoms. The van der Waals surface area contributed by atoms with Gasteiger partial charge in [-0.05, 0) is 23.6 Å². The lowest BCUT2D eigenvalue weighted by molar-refractivity contribution is 0.580. The molecule has 1 aliphatic heterocycles. The summed E-state index contributed by atoms with van der Waals surface area (Å²) in [4.78, 5) is 0. The van der Waals surface area contributed by atoms with Crippen molar-refractivity contribution in [3.8, 4) is 0 Å². The van der Waals surface area contributed by atoms with Crippen molar-refractivity contribution in [1.29, 1.82) is 0 Å². The SMILES string of the molecule is CC(C)c1nn(Cc2ccc(F)cc2)c2c1CNCC2. The standard InChI is InChI=1S/C16H20FN3/c1-11(2)16-14-9-18-8-7-15(14)20(19-16)10-12-3-5-13(17)6-4-12/h3-6,11,18H,7-10H2,1-2H3. The Balaban J connectivity index is 1.95. The van der Waals surface area contributed by atoms with Gasteiger partial charge in [0.15, 0.2) is 0 Å². The molecule has 20 heavy (non-hydrogen) atoms. The summed E-state index contributed by atoms with van der Waals surface area (Å²) in [6.07, 6.45) is 1.01. The topological polar surface area (TPSA) is 29.9 Å². The number of hydrogen-bond donors (Lipinski definition) is 1. The number of nitrogens with zero attached hydrogens (tertiary/aromatic N) is 2. The van der Waals surface area contributed by atoms with E-state index in [1.165, 1.54) is 29.1 Å². The average molecular weight is 273 g/mol. The van der Waals surface area contributed by atoms with Gasteiger partial charge in [0.05, 0.1) is 12.2 Å². The van der Waals surface area contributed by atoms with E-state index < -0.39 is 0 Å². The maximum Gasteiger partial charge on any atom is 0.123 e. The van der Waals surface area contributed by atoms with E-state index >= 15 is 0 Å². The van der Waals surface area contributed by atoms with E-state index in [4.69, 9.17) is 5.10 Å². The predicted octanol–water partition coefficient (Wildman–Crippen LogP) is 2.84. The van der Waals surface area contributed by atoms with Crippen LogP contribution in [0.15, 0.2) is 24.3 Å². The van der Waals surface area contributed by atoms with Gasteiger partial charge in [0.1, 0.15) is 5.82 Å². The van der Waals surface area contributed by atoms with Gasteiger partial charge in [0.25, 0.3) is 0 Å². The number of rotatable bonds is 3. The van der Waals surface area contributed by atoms with Gasteiger partial charge >= 0.3 is 0 Å². The predicted molar refractivity (Wildman–Crippen MR) is 77.2 cm³/mol. The number of fused-ring (bicyclic) bond motifs is 1. The van der Waals surface area contributed by atoms with E-state index in [1.807, 2.05) is 12.1 Å². The molecule has 0 saturated carbocycles. The van der Waals surface area contributed by atoms with Crippen LogP contribution in [0.3, 0.4) is 0 Å². The summed E-state index contributed by atoms with van der Waals surface area (Å²) in [5.41, 5.74) is 4.96. The third kappa shape index (κ3) is 2.48. The van der Waals surface area contributed by atoms with E-state index in [0.717, 1.165) is 31.6 Å². The van der Waals surface area contributed by atoms with Crippen molar-refractivity contribution >= 4 is 0 Å². The molecular formula is C16H20FN3. The first-order valence-electron chi connectivity index (χ1n) is 7.18. The van der Waals surface area contributed by atoms with Gasteiger partial charge in [-0.25, -0.2) is 4.39 Å². The number of aromatic nitrogens is 2. The summed E-state index contributed by atoms with van der Waals surface area (Å²) in [6.45, 7) is 6.99. The third-order valence-corrected chi connectivity index (χ3v) is 3.83. The first-order chi connectivity index (χ1) is 9.65. The van der Waals surface area contributed by atoms with E-state index in [9.17, 15) is 4.39 Å². The number of hydrogen-bond acceptors (Lipinski definition) is 2. The molecule has 0 spiro atoms. The lowest BCUT2D eigenvalue weighted by atomic mass is 10.0. The maximum atomic E-state index is 13.0. The van der Waals surface area contributed by atoms with Crippen LogP contribution < -0.4 is 5.32 Å². The number of nitrogens with one attached hydrogen (secondary N) is 1. The molecule has 0 saturated heterocycles. The summed E-state index contributed by atoms with van der Waals surface area (Å²) < 4.78 is 15.1. The molecule has 106 valence electrons. The molecule has 1 aliphatic rings. The Morgan fingerprint density at radius 1 is 1.30 bits per heavy atom. The minimum Gasteiger partial charge on any atom is -0.312 e. The van der Waals surface area contributed by atoms with Crippen LogP contribution in [0.4, 0.5) is 4.39 Å². The summed E-state index contributed by atoms with van der Waals surface area (Å²) in [7, 11) is 0. The fourth-order valence-electron chi connectivity index (χ4n) is 2.80. The van der Waals surface area contributed by atoms with E-state index in [1.54, 1.807) is 0 Å². The van der Waals surface area contributed by atoms with Crippen molar-refractivity contribution in [3.05, 3.63) is 52.6 Å². The van der Waals surface area contributed by atoms with Crippen LogP contribution in [0.1, 0.15) is 42.3 Å². The molecule has 0 fully saturated rings. The van der Waals surface area contributed by atoms with Crippen LogP contribution in [0.2, 0.25) is 0 Å². The second-order valence-corrected chi connectivity index (χ2v) is 5.68. The zero-order valence-corrected chi connectivity index (χ0v) is 12.0. The molecule has 3 nitrogen and oxygen atoms in total. The van der Waals surface area contributed by atoms with Crippen LogP contribution in [0.25, 0.3) is 0 Å². The van der Waals surface area contributed by atoms with Gasteiger partial charge in [0.2, 0.25) is 0 Å². The first kappa shape index (κ1) is 13.3. The van der Waals surface area contributed by atoms with Crippen molar-refractivity contribution in [2.45, 2.75) is 39.3 Å². The Hall–Kier alpha value is -1.68. The van der Waals surface area contributed by atoms with Crippen LogP contribution in [0, 0.1) is 5.82 Å². The summed E-state index contributed by atoms with van der Waals surface area (Å²) in [5, 5.41) is 8.21. The van der Waals surface area contributed by atoms with Gasteiger partial charge in [-0.1, -0.05) is 26.0 Å². The molecule has 1 N–H and O–H groups in total. The van der Waals surface area contributed by atoms with Gasteiger partial charge in [-0.2, -0.15) is 5.10 Å². The monoisotopic (exact) mass is 273 g/mol. The van der Waals surface area contributed by atoms with Crippen molar-refractivity contribution in [1.82, 2.24) is 15.1 Å². The van der Waals surface area contributed by atoms with E-state index in [2.05, 4.69) is 23.8 Å². The molecule has 0 bridgehead atoms. The highest BCUT2D eigenvalue weighted by atomic mass is 19.1. The molecule has 0 aliphatic carbocycles. The molecule has 0 unspecified atom stereocenters. The van der Waals surface area contributed by atoms with Crippen LogP contribution in [-0.4, -0.2) is 16.3 Å². The number of halogens is 1. The Kier molecular flexibility index (Phi) is 3.57. The Morgan fingerprint density at radius 3 is 2.75 bits per heavy atom. The highest BCUT2D eigenvalue weighted by molar-refractivity contribution is 5.31. The summed E-state index contributed by atoms with van der Waals surface area (Å²) >= 11 is 0. The zero-order valence-electron chi connectivity index (χ0n) is 12.0. The molecule has 0 amide bonds. The highest BCUT2D eigenvalue weighted by Gasteiger charge is 2.21. The second-order valence-electron chi connectivity index (χ2n) is 5.68. The third-order valence-electron chi connectivity index (χ3n) is 3.83. The van der Waals surface area contributed by atoms with Gasteiger partial charge in [0, 0.05) is 30.8 Å². The lowest BCUT2D eigenvalue weighted by Gasteiger charge is -2.16. The Morgan fingerprint density at radius 2 is 2.05 bits per heavy atom. The Bertz CT molecular complexity index is 599. The highest BCUT2D eigenvalue weighted by Crippen LogP contribution is 2.25. The smallest absolute Gasteiger partial charge is 0.123 e. The van der Waals surface area contributed by atoms with Crippen LogP contribution >= 0.6 is 0 Å². The number of benzene rings is 1. The van der Waals surface area contributed by atoms with Crippen molar-refractivity contribution in [2.24, 2.45) is 0 Å². The fourth-order valence-corrected chi connectivity index (χ4v) is 2.80. The van der Waals surface area contributed by atoms with Crippen molar-refractivity contribution in [2.75, 3.05) is 6.54 Å². The Labute approximate surface area is 118 Å². The fraction of sp³-hybridized carbons (Fsp3) is 0.438. The van der Waals surface area contributed by atoms with E-state index in [0.29, 0.717) is 5.92 Å². The second kappa shape index (κ2) is 5.37. The summed E-state index contributed by atoms with van der Waals surface area (Å²) in [5.74, 6) is 0.237. The average Bonchev–Trinajstić information content (AvgIpc) is 2.81. The normalized spacial score (nSPS) is 14.6. The van der Waals surface area contributed by atoms with Crippen molar-refractivity contribution in [3.63, 3.8) is 0 Å². The van der Waals surface area contributed by atoms with Gasteiger partial charge < -0.3 is 5.32 Å². The quantitative estimate of drug-likeness (QED) is 0.932. The molecular weight excluding hydrogens is 253 g/mol. The molecule has 2 aromatic rings. The first-order valence-corrected chi connectivity index (χ1v) is 7.18. The zero-order chi connectivity index (χ0) is 14.1. The molecule has 0 radical (unpaired) electrons. The van der Waals surface area contributed by atoms with Gasteiger partial charge in [-0.15, -0.1) is 0 Å². The van der Waals surface area contributed by atoms with Crippen LogP contribution in [0.5, 0.6) is 0 Å². The maximum absolute atomic E-state index is 13.0. The molecule has 0 atom stereocenters. The minimum atomic E-state index is -0.191. The molecule has 3 rings (SSSR count). The molecule has 1 aromatic heterocycles. The summed E-state index contributed by atoms with van der Waals surface area (Å²) in [6, 6.07) is 6.69. The molecule has 2 heterocycles. The van der Waals surface area contributed by atoms with Gasteiger partial charge in [-0.3, -0.25) is 4.68 Å². The lowest BCUT2D eigenvalue weighted by Crippen LogP contribution is -2.25. The van der Waals surface area contributed by atoms with E-state index in [-0.39, 0.29) is 5.82 Å². The van der Waals surface area contributed by atoms with Crippen molar-refractivity contribution < 1.29 is 4.39 Å².